The van der Waals surface area contributed by atoms with Crippen LogP contribution in [0.25, 0.3) is 0 Å². The molecular formula is C15H23NO4. The van der Waals surface area contributed by atoms with Gasteiger partial charge in [-0.15, -0.1) is 0 Å². The molecule has 1 aromatic rings. The molecule has 5 nitrogen and oxygen atoms in total. The number of hydrogen-bond donors (Lipinski definition) is 1. The van der Waals surface area contributed by atoms with Crippen molar-refractivity contribution in [2.45, 2.75) is 39.4 Å². The quantitative estimate of drug-likeness (QED) is 0.815. The maximum absolute atomic E-state index is 12.0. The smallest absolute Gasteiger partial charge is 0.434 e. The molecule has 0 atom stereocenters. The minimum Gasteiger partial charge on any atom is -0.442 e. The van der Waals surface area contributed by atoms with E-state index in [1.54, 1.807) is 20.8 Å². The number of ether oxygens (including phenoxy) is 1. The fraction of sp³-hybridized carbons (Fsp3) is 0.533. The molecule has 0 bridgehead atoms. The lowest BCUT2D eigenvalue weighted by molar-refractivity contribution is -0.157. The average molecular weight is 281 g/mol. The standard InChI is InChI=1S/C15H23NO4/c1-15(2,3)20-14(18)16(10-7-11-17)19-12-13-8-5-4-6-9-13/h4-6,8-9,17H,7,10-12H2,1-3H3. The van der Waals surface area contributed by atoms with Gasteiger partial charge in [-0.3, -0.25) is 4.84 Å². The molecule has 112 valence electrons. The van der Waals surface area contributed by atoms with Gasteiger partial charge in [0.2, 0.25) is 0 Å². The molecule has 0 saturated heterocycles. The molecule has 5 heteroatoms. The van der Waals surface area contributed by atoms with E-state index in [2.05, 4.69) is 0 Å². The third-order valence-electron chi connectivity index (χ3n) is 2.35. The Morgan fingerprint density at radius 1 is 1.25 bits per heavy atom. The molecule has 0 fully saturated rings. The maximum atomic E-state index is 12.0. The lowest BCUT2D eigenvalue weighted by Gasteiger charge is -2.26. The van der Waals surface area contributed by atoms with Gasteiger partial charge >= 0.3 is 6.09 Å². The molecule has 20 heavy (non-hydrogen) atoms. The highest BCUT2D eigenvalue weighted by Gasteiger charge is 2.22. The summed E-state index contributed by atoms with van der Waals surface area (Å²) in [7, 11) is 0. The van der Waals surface area contributed by atoms with Crippen molar-refractivity contribution in [1.82, 2.24) is 5.06 Å². The van der Waals surface area contributed by atoms with E-state index in [1.165, 1.54) is 0 Å². The molecular weight excluding hydrogens is 258 g/mol. The van der Waals surface area contributed by atoms with Crippen LogP contribution < -0.4 is 0 Å². The average Bonchev–Trinajstić information content (AvgIpc) is 2.38. The van der Waals surface area contributed by atoms with E-state index < -0.39 is 11.7 Å². The molecule has 0 aromatic heterocycles. The Labute approximate surface area is 120 Å². The number of hydroxylamine groups is 2. The molecule has 1 amide bonds. The zero-order valence-corrected chi connectivity index (χ0v) is 12.3. The first kappa shape index (κ1) is 16.5. The van der Waals surface area contributed by atoms with Crippen LogP contribution in [0.2, 0.25) is 0 Å². The fourth-order valence-corrected chi connectivity index (χ4v) is 1.46. The molecule has 0 radical (unpaired) electrons. The largest absolute Gasteiger partial charge is 0.442 e. The van der Waals surface area contributed by atoms with Crippen molar-refractivity contribution in [2.24, 2.45) is 0 Å². The summed E-state index contributed by atoms with van der Waals surface area (Å²) in [5.74, 6) is 0. The first-order chi connectivity index (χ1) is 9.42. The fourth-order valence-electron chi connectivity index (χ4n) is 1.46. The highest BCUT2D eigenvalue weighted by atomic mass is 16.7. The summed E-state index contributed by atoms with van der Waals surface area (Å²) in [6.45, 7) is 5.96. The molecule has 1 aromatic carbocycles. The summed E-state index contributed by atoms with van der Waals surface area (Å²) >= 11 is 0. The van der Waals surface area contributed by atoms with E-state index in [9.17, 15) is 4.79 Å². The predicted octanol–water partition coefficient (Wildman–Crippen LogP) is 2.74. The molecule has 0 aliphatic rings. The predicted molar refractivity (Wildman–Crippen MR) is 75.9 cm³/mol. The number of rotatable bonds is 6. The summed E-state index contributed by atoms with van der Waals surface area (Å²) in [6.07, 6.45) is -0.101. The minimum atomic E-state index is -0.579. The second-order valence-corrected chi connectivity index (χ2v) is 5.42. The molecule has 0 unspecified atom stereocenters. The molecule has 1 N–H and O–H groups in total. The molecule has 1 rings (SSSR count). The summed E-state index contributed by atoms with van der Waals surface area (Å²) in [6, 6.07) is 9.56. The van der Waals surface area contributed by atoms with Crippen molar-refractivity contribution in [2.75, 3.05) is 13.2 Å². The Morgan fingerprint density at radius 2 is 1.90 bits per heavy atom. The van der Waals surface area contributed by atoms with Crippen LogP contribution in [-0.2, 0) is 16.2 Å². The Kier molecular flexibility index (Phi) is 6.48. The van der Waals surface area contributed by atoms with Gasteiger partial charge in [0.1, 0.15) is 12.2 Å². The molecule has 0 spiro atoms. The van der Waals surface area contributed by atoms with Crippen molar-refractivity contribution in [1.29, 1.82) is 0 Å². The molecule has 0 aliphatic carbocycles. The van der Waals surface area contributed by atoms with Gasteiger partial charge in [-0.2, -0.15) is 5.06 Å². The Balaban J connectivity index is 2.57. The number of aliphatic hydroxyl groups excluding tert-OH is 1. The van der Waals surface area contributed by atoms with Gasteiger partial charge < -0.3 is 9.84 Å². The second kappa shape index (κ2) is 7.87. The van der Waals surface area contributed by atoms with Crippen molar-refractivity contribution >= 4 is 6.09 Å². The van der Waals surface area contributed by atoms with E-state index in [-0.39, 0.29) is 19.8 Å². The number of hydrogen-bond acceptors (Lipinski definition) is 4. The second-order valence-electron chi connectivity index (χ2n) is 5.42. The number of benzene rings is 1. The third kappa shape index (κ3) is 6.54. The minimum absolute atomic E-state index is 0.00596. The Morgan fingerprint density at radius 3 is 2.45 bits per heavy atom. The highest BCUT2D eigenvalue weighted by Crippen LogP contribution is 2.12. The third-order valence-corrected chi connectivity index (χ3v) is 2.35. The first-order valence-corrected chi connectivity index (χ1v) is 6.70. The van der Waals surface area contributed by atoms with Gasteiger partial charge in [-0.25, -0.2) is 4.79 Å². The van der Waals surface area contributed by atoms with Gasteiger partial charge in [0, 0.05) is 6.61 Å². The van der Waals surface area contributed by atoms with Crippen LogP contribution in [0.15, 0.2) is 30.3 Å². The van der Waals surface area contributed by atoms with Crippen molar-refractivity contribution in [3.63, 3.8) is 0 Å². The van der Waals surface area contributed by atoms with Gasteiger partial charge in [0.05, 0.1) is 6.54 Å². The lowest BCUT2D eigenvalue weighted by Crippen LogP contribution is -2.37. The highest BCUT2D eigenvalue weighted by molar-refractivity contribution is 5.66. The SMILES string of the molecule is CC(C)(C)OC(=O)N(CCCO)OCc1ccccc1. The summed E-state index contributed by atoms with van der Waals surface area (Å²) in [4.78, 5) is 17.5. The van der Waals surface area contributed by atoms with E-state index in [1.807, 2.05) is 30.3 Å². The van der Waals surface area contributed by atoms with Gasteiger partial charge in [0.15, 0.2) is 0 Å². The first-order valence-electron chi connectivity index (χ1n) is 6.70. The monoisotopic (exact) mass is 281 g/mol. The van der Waals surface area contributed by atoms with E-state index in [0.29, 0.717) is 6.42 Å². The van der Waals surface area contributed by atoms with Crippen LogP contribution in [0.5, 0.6) is 0 Å². The van der Waals surface area contributed by atoms with Crippen LogP contribution in [0.4, 0.5) is 4.79 Å². The van der Waals surface area contributed by atoms with Crippen molar-refractivity contribution < 1.29 is 19.5 Å². The van der Waals surface area contributed by atoms with E-state index in [0.717, 1.165) is 10.6 Å². The summed E-state index contributed by atoms with van der Waals surface area (Å²) < 4.78 is 5.27. The number of aliphatic hydroxyl groups is 1. The van der Waals surface area contributed by atoms with Crippen LogP contribution in [0.3, 0.4) is 0 Å². The van der Waals surface area contributed by atoms with E-state index >= 15 is 0 Å². The van der Waals surface area contributed by atoms with Crippen LogP contribution in [0.1, 0.15) is 32.8 Å². The number of amides is 1. The zero-order valence-electron chi connectivity index (χ0n) is 12.3. The molecule has 0 aliphatic heterocycles. The van der Waals surface area contributed by atoms with Gasteiger partial charge in [0.25, 0.3) is 0 Å². The normalized spacial score (nSPS) is 11.2. The van der Waals surface area contributed by atoms with Crippen LogP contribution >= 0.6 is 0 Å². The molecule has 0 saturated carbocycles. The number of carbonyl (C=O) groups is 1. The van der Waals surface area contributed by atoms with Gasteiger partial charge in [-0.1, -0.05) is 30.3 Å². The van der Waals surface area contributed by atoms with Crippen molar-refractivity contribution in [3.05, 3.63) is 35.9 Å². The Bertz CT molecular complexity index is 400. The van der Waals surface area contributed by atoms with Gasteiger partial charge in [-0.05, 0) is 32.8 Å². The number of nitrogens with zero attached hydrogens (tertiary/aromatic N) is 1. The topological polar surface area (TPSA) is 59.0 Å². The Hall–Kier alpha value is -1.59. The van der Waals surface area contributed by atoms with Crippen LogP contribution in [-0.4, -0.2) is 35.0 Å². The van der Waals surface area contributed by atoms with Crippen molar-refractivity contribution in [3.8, 4) is 0 Å². The summed E-state index contributed by atoms with van der Waals surface area (Å²) in [5, 5.41) is 10.0. The lowest BCUT2D eigenvalue weighted by atomic mass is 10.2. The zero-order chi connectivity index (χ0) is 15.0. The maximum Gasteiger partial charge on any atom is 0.434 e. The van der Waals surface area contributed by atoms with Crippen LogP contribution in [0, 0.1) is 0 Å². The summed E-state index contributed by atoms with van der Waals surface area (Å²) in [5.41, 5.74) is 0.384. The number of carbonyl (C=O) groups excluding carboxylic acids is 1. The van der Waals surface area contributed by atoms with E-state index in [4.69, 9.17) is 14.7 Å². The molecule has 0 heterocycles.